The van der Waals surface area contributed by atoms with Crippen LogP contribution in [0.2, 0.25) is 0 Å². The molecule has 0 amide bonds. The van der Waals surface area contributed by atoms with Gasteiger partial charge in [-0.15, -0.1) is 0 Å². The van der Waals surface area contributed by atoms with Crippen LogP contribution in [0, 0.1) is 11.6 Å². The van der Waals surface area contributed by atoms with Gasteiger partial charge in [0.1, 0.15) is 5.82 Å². The molecule has 0 bridgehead atoms. The van der Waals surface area contributed by atoms with Gasteiger partial charge in [-0.1, -0.05) is 30.3 Å². The average molecular weight is 248 g/mol. The smallest absolute Gasteiger partial charge is 0.168 e. The number of aromatic nitrogens is 1. The van der Waals surface area contributed by atoms with Crippen LogP contribution < -0.4 is 5.32 Å². The fourth-order valence-corrected chi connectivity index (χ4v) is 1.73. The number of nitrogens with zero attached hydrogens (tertiary/aromatic N) is 1. The number of anilines is 1. The molecule has 0 aliphatic carbocycles. The van der Waals surface area contributed by atoms with E-state index in [9.17, 15) is 8.78 Å². The molecule has 0 aliphatic rings. The van der Waals surface area contributed by atoms with Crippen molar-refractivity contribution in [2.75, 3.05) is 5.32 Å². The molecule has 2 rings (SSSR count). The summed E-state index contributed by atoms with van der Waals surface area (Å²) in [5.41, 5.74) is 0.503. The average Bonchev–Trinajstić information content (AvgIpc) is 2.34. The topological polar surface area (TPSA) is 24.9 Å². The van der Waals surface area contributed by atoms with Crippen LogP contribution in [0.25, 0.3) is 0 Å². The number of hydrogen-bond donors (Lipinski definition) is 1. The summed E-state index contributed by atoms with van der Waals surface area (Å²) in [6.45, 7) is 3.82. The molecule has 0 aliphatic heterocycles. The van der Waals surface area contributed by atoms with Gasteiger partial charge in [0.05, 0.1) is 11.7 Å². The highest BCUT2D eigenvalue weighted by Gasteiger charge is 2.22. The van der Waals surface area contributed by atoms with Crippen molar-refractivity contribution in [2.45, 2.75) is 19.4 Å². The number of pyridine rings is 1. The fraction of sp³-hybridized carbons (Fsp3) is 0.214. The number of rotatable bonds is 3. The Hall–Kier alpha value is -1.97. The maximum Gasteiger partial charge on any atom is 0.168 e. The predicted octanol–water partition coefficient (Wildman–Crippen LogP) is 3.71. The SMILES string of the molecule is CC(C)(Nc1ncc(F)cc1F)c1ccccc1. The summed E-state index contributed by atoms with van der Waals surface area (Å²) in [4.78, 5) is 3.73. The predicted molar refractivity (Wildman–Crippen MR) is 67.2 cm³/mol. The van der Waals surface area contributed by atoms with E-state index < -0.39 is 17.2 Å². The van der Waals surface area contributed by atoms with E-state index in [4.69, 9.17) is 0 Å². The van der Waals surface area contributed by atoms with Gasteiger partial charge in [0.25, 0.3) is 0 Å². The Morgan fingerprint density at radius 3 is 2.39 bits per heavy atom. The zero-order chi connectivity index (χ0) is 13.2. The summed E-state index contributed by atoms with van der Waals surface area (Å²) < 4.78 is 26.3. The van der Waals surface area contributed by atoms with Crippen LogP contribution in [0.5, 0.6) is 0 Å². The van der Waals surface area contributed by atoms with Crippen LogP contribution >= 0.6 is 0 Å². The van der Waals surface area contributed by atoms with Crippen molar-refractivity contribution in [3.63, 3.8) is 0 Å². The molecule has 0 radical (unpaired) electrons. The molecule has 0 saturated carbocycles. The van der Waals surface area contributed by atoms with Crippen LogP contribution in [-0.2, 0) is 5.54 Å². The standard InChI is InChI=1S/C14H14F2N2/c1-14(2,10-6-4-3-5-7-10)18-13-12(16)8-11(15)9-17-13/h3-9H,1-2H3,(H,17,18). The minimum atomic E-state index is -0.695. The van der Waals surface area contributed by atoms with E-state index in [2.05, 4.69) is 10.3 Å². The summed E-state index contributed by atoms with van der Waals surface area (Å²) >= 11 is 0. The normalized spacial score (nSPS) is 11.3. The van der Waals surface area contributed by atoms with Gasteiger partial charge in [-0.3, -0.25) is 0 Å². The van der Waals surface area contributed by atoms with Crippen LogP contribution in [0.3, 0.4) is 0 Å². The van der Waals surface area contributed by atoms with Gasteiger partial charge in [-0.05, 0) is 19.4 Å². The van der Waals surface area contributed by atoms with Crippen LogP contribution in [-0.4, -0.2) is 4.98 Å². The van der Waals surface area contributed by atoms with Gasteiger partial charge in [0.15, 0.2) is 11.6 Å². The Kier molecular flexibility index (Phi) is 3.28. The molecule has 4 heteroatoms. The fourth-order valence-electron chi connectivity index (χ4n) is 1.73. The van der Waals surface area contributed by atoms with E-state index in [1.807, 2.05) is 44.2 Å². The monoisotopic (exact) mass is 248 g/mol. The summed E-state index contributed by atoms with van der Waals surface area (Å²) in [6, 6.07) is 10.4. The largest absolute Gasteiger partial charge is 0.359 e. The first-order valence-corrected chi connectivity index (χ1v) is 5.64. The van der Waals surface area contributed by atoms with Gasteiger partial charge in [0.2, 0.25) is 0 Å². The van der Waals surface area contributed by atoms with E-state index in [0.29, 0.717) is 0 Å². The molecule has 1 N–H and O–H groups in total. The minimum absolute atomic E-state index is 0.0465. The van der Waals surface area contributed by atoms with Gasteiger partial charge >= 0.3 is 0 Å². The molecular formula is C14H14F2N2. The Labute approximate surface area is 105 Å². The number of nitrogens with one attached hydrogen (secondary N) is 1. The van der Waals surface area contributed by atoms with Gasteiger partial charge in [0, 0.05) is 6.07 Å². The highest BCUT2D eigenvalue weighted by Crippen LogP contribution is 2.25. The molecule has 0 spiro atoms. The number of benzene rings is 1. The zero-order valence-corrected chi connectivity index (χ0v) is 10.2. The minimum Gasteiger partial charge on any atom is -0.359 e. The summed E-state index contributed by atoms with van der Waals surface area (Å²) in [5.74, 6) is -1.33. The maximum absolute atomic E-state index is 13.5. The lowest BCUT2D eigenvalue weighted by Crippen LogP contribution is -2.29. The molecule has 0 fully saturated rings. The molecule has 2 nitrogen and oxygen atoms in total. The highest BCUT2D eigenvalue weighted by atomic mass is 19.1. The molecule has 94 valence electrons. The van der Waals surface area contributed by atoms with Crippen molar-refractivity contribution in [3.8, 4) is 0 Å². The molecule has 0 saturated heterocycles. The van der Waals surface area contributed by atoms with Crippen molar-refractivity contribution < 1.29 is 8.78 Å². The van der Waals surface area contributed by atoms with Crippen molar-refractivity contribution in [2.24, 2.45) is 0 Å². The lowest BCUT2D eigenvalue weighted by molar-refractivity contribution is 0.555. The third-order valence-electron chi connectivity index (χ3n) is 2.73. The second-order valence-corrected chi connectivity index (χ2v) is 4.60. The van der Waals surface area contributed by atoms with Gasteiger partial charge in [-0.2, -0.15) is 0 Å². The molecule has 1 aromatic heterocycles. The molecule has 0 atom stereocenters. The Bertz CT molecular complexity index is 539. The van der Waals surface area contributed by atoms with Crippen LogP contribution in [0.15, 0.2) is 42.6 Å². The van der Waals surface area contributed by atoms with Crippen molar-refractivity contribution in [3.05, 3.63) is 59.8 Å². The molecule has 1 aromatic carbocycles. The third kappa shape index (κ3) is 2.64. The van der Waals surface area contributed by atoms with Crippen molar-refractivity contribution >= 4 is 5.82 Å². The zero-order valence-electron chi connectivity index (χ0n) is 10.2. The second-order valence-electron chi connectivity index (χ2n) is 4.60. The quantitative estimate of drug-likeness (QED) is 0.895. The lowest BCUT2D eigenvalue weighted by Gasteiger charge is -2.27. The number of hydrogen-bond acceptors (Lipinski definition) is 2. The van der Waals surface area contributed by atoms with E-state index in [-0.39, 0.29) is 5.82 Å². The molecule has 0 unspecified atom stereocenters. The van der Waals surface area contributed by atoms with Crippen molar-refractivity contribution in [1.82, 2.24) is 4.98 Å². The Morgan fingerprint density at radius 1 is 1.11 bits per heavy atom. The van der Waals surface area contributed by atoms with E-state index >= 15 is 0 Å². The van der Waals surface area contributed by atoms with E-state index in [1.165, 1.54) is 0 Å². The van der Waals surface area contributed by atoms with E-state index in [1.54, 1.807) is 0 Å². The third-order valence-corrected chi connectivity index (χ3v) is 2.73. The molecular weight excluding hydrogens is 234 g/mol. The summed E-state index contributed by atoms with van der Waals surface area (Å²) in [7, 11) is 0. The first-order chi connectivity index (χ1) is 8.49. The Balaban J connectivity index is 2.28. The second kappa shape index (κ2) is 4.72. The van der Waals surface area contributed by atoms with Gasteiger partial charge < -0.3 is 5.32 Å². The lowest BCUT2D eigenvalue weighted by atomic mass is 9.94. The first-order valence-electron chi connectivity index (χ1n) is 5.64. The van der Waals surface area contributed by atoms with Crippen LogP contribution in [0.4, 0.5) is 14.6 Å². The van der Waals surface area contributed by atoms with E-state index in [0.717, 1.165) is 17.8 Å². The first kappa shape index (κ1) is 12.5. The highest BCUT2D eigenvalue weighted by molar-refractivity contribution is 5.42. The number of halogens is 2. The summed E-state index contributed by atoms with van der Waals surface area (Å²) in [6.07, 6.45) is 0.993. The maximum atomic E-state index is 13.5. The molecule has 18 heavy (non-hydrogen) atoms. The Morgan fingerprint density at radius 2 is 1.78 bits per heavy atom. The summed E-state index contributed by atoms with van der Waals surface area (Å²) in [5, 5.41) is 2.98. The van der Waals surface area contributed by atoms with Crippen molar-refractivity contribution in [1.29, 1.82) is 0 Å². The van der Waals surface area contributed by atoms with Crippen LogP contribution in [0.1, 0.15) is 19.4 Å². The molecule has 1 heterocycles. The van der Waals surface area contributed by atoms with Gasteiger partial charge in [-0.25, -0.2) is 13.8 Å². The molecule has 2 aromatic rings.